The predicted molar refractivity (Wildman–Crippen MR) is 80.8 cm³/mol. The second-order valence-corrected chi connectivity index (χ2v) is 8.85. The molecule has 0 amide bonds. The average molecular weight is 320 g/mol. The number of para-hydroxylation sites is 1. The van der Waals surface area contributed by atoms with Crippen LogP contribution in [0.25, 0.3) is 0 Å². The Labute approximate surface area is 120 Å². The maximum absolute atomic E-state index is 11.8. The van der Waals surface area contributed by atoms with Crippen molar-refractivity contribution in [3.8, 4) is 0 Å². The van der Waals surface area contributed by atoms with E-state index in [1.165, 1.54) is 0 Å². The summed E-state index contributed by atoms with van der Waals surface area (Å²) in [6, 6.07) is 6.87. The van der Waals surface area contributed by atoms with Crippen molar-refractivity contribution in [3.05, 3.63) is 29.8 Å². The topological polar surface area (TPSA) is 92.3 Å². The summed E-state index contributed by atoms with van der Waals surface area (Å²) >= 11 is 0. The standard InChI is InChI=1S/C12H20N2O4S2/c1-4-13-10(2)11-7-5-6-8-12(11)14-20(17,18)9-19(3,15)16/h5-8,10,13-14H,4,9H2,1-3H3. The SMILES string of the molecule is CCNC(C)c1ccccc1NS(=O)(=O)CS(C)(=O)=O. The smallest absolute Gasteiger partial charge is 0.247 e. The van der Waals surface area contributed by atoms with Gasteiger partial charge in [-0.2, -0.15) is 0 Å². The first-order valence-electron chi connectivity index (χ1n) is 6.15. The van der Waals surface area contributed by atoms with E-state index in [1.54, 1.807) is 24.3 Å². The summed E-state index contributed by atoms with van der Waals surface area (Å²) in [4.78, 5) is 0. The molecule has 1 atom stereocenters. The van der Waals surface area contributed by atoms with Crippen molar-refractivity contribution in [2.24, 2.45) is 0 Å². The van der Waals surface area contributed by atoms with Gasteiger partial charge in [0.1, 0.15) is 0 Å². The normalized spacial score (nSPS) is 13.9. The molecule has 1 aromatic rings. The van der Waals surface area contributed by atoms with Crippen molar-refractivity contribution in [2.75, 3.05) is 22.6 Å². The second-order valence-electron chi connectivity index (χ2n) is 4.63. The number of benzene rings is 1. The molecule has 0 fully saturated rings. The summed E-state index contributed by atoms with van der Waals surface area (Å²) in [5.74, 6) is 0. The molecule has 114 valence electrons. The van der Waals surface area contributed by atoms with E-state index in [4.69, 9.17) is 0 Å². The molecule has 0 aliphatic heterocycles. The van der Waals surface area contributed by atoms with E-state index in [-0.39, 0.29) is 6.04 Å². The molecule has 0 bridgehead atoms. The highest BCUT2D eigenvalue weighted by Crippen LogP contribution is 2.23. The minimum Gasteiger partial charge on any atom is -0.310 e. The van der Waals surface area contributed by atoms with Crippen molar-refractivity contribution >= 4 is 25.5 Å². The Morgan fingerprint density at radius 3 is 2.30 bits per heavy atom. The summed E-state index contributed by atoms with van der Waals surface area (Å²) in [5, 5.41) is 2.26. The first-order valence-corrected chi connectivity index (χ1v) is 9.86. The van der Waals surface area contributed by atoms with E-state index in [0.717, 1.165) is 18.4 Å². The van der Waals surface area contributed by atoms with Gasteiger partial charge < -0.3 is 5.32 Å². The summed E-state index contributed by atoms with van der Waals surface area (Å²) < 4.78 is 48.3. The first kappa shape index (κ1) is 16.9. The molecule has 1 unspecified atom stereocenters. The summed E-state index contributed by atoms with van der Waals surface area (Å²) in [6.45, 7) is 4.60. The fourth-order valence-electron chi connectivity index (χ4n) is 1.86. The van der Waals surface area contributed by atoms with Crippen LogP contribution in [0.15, 0.2) is 24.3 Å². The lowest BCUT2D eigenvalue weighted by Gasteiger charge is -2.18. The average Bonchev–Trinajstić information content (AvgIpc) is 2.25. The maximum Gasteiger partial charge on any atom is 0.247 e. The predicted octanol–water partition coefficient (Wildman–Crippen LogP) is 1.10. The molecule has 6 nitrogen and oxygen atoms in total. The molecule has 0 aliphatic rings. The highest BCUT2D eigenvalue weighted by molar-refractivity contribution is 8.08. The molecular formula is C12H20N2O4S2. The van der Waals surface area contributed by atoms with E-state index in [2.05, 4.69) is 10.0 Å². The Hall–Kier alpha value is -1.12. The van der Waals surface area contributed by atoms with Gasteiger partial charge in [-0.15, -0.1) is 0 Å². The lowest BCUT2D eigenvalue weighted by atomic mass is 10.1. The largest absolute Gasteiger partial charge is 0.310 e. The van der Waals surface area contributed by atoms with Crippen molar-refractivity contribution in [3.63, 3.8) is 0 Å². The Bertz CT molecular complexity index is 654. The molecule has 2 N–H and O–H groups in total. The first-order chi connectivity index (χ1) is 9.14. The lowest BCUT2D eigenvalue weighted by Crippen LogP contribution is -2.24. The molecule has 20 heavy (non-hydrogen) atoms. The minimum absolute atomic E-state index is 0.0443. The van der Waals surface area contributed by atoms with Crippen LogP contribution < -0.4 is 10.0 Å². The van der Waals surface area contributed by atoms with Crippen LogP contribution in [0, 0.1) is 0 Å². The number of rotatable bonds is 7. The molecule has 0 saturated heterocycles. The van der Waals surface area contributed by atoms with Gasteiger partial charge in [0.25, 0.3) is 0 Å². The molecule has 1 aromatic carbocycles. The van der Waals surface area contributed by atoms with Gasteiger partial charge in [0.05, 0.1) is 5.69 Å². The molecule has 0 aromatic heterocycles. The summed E-state index contributed by atoms with van der Waals surface area (Å²) in [5.41, 5.74) is 1.16. The fourth-order valence-corrected chi connectivity index (χ4v) is 4.87. The van der Waals surface area contributed by atoms with Crippen LogP contribution in [0.5, 0.6) is 0 Å². The van der Waals surface area contributed by atoms with E-state index in [0.29, 0.717) is 5.69 Å². The van der Waals surface area contributed by atoms with Crippen LogP contribution in [-0.4, -0.2) is 34.7 Å². The van der Waals surface area contributed by atoms with Gasteiger partial charge in [-0.05, 0) is 25.1 Å². The van der Waals surface area contributed by atoms with Crippen LogP contribution >= 0.6 is 0 Å². The number of sulfone groups is 1. The molecule has 0 radical (unpaired) electrons. The Morgan fingerprint density at radius 2 is 1.75 bits per heavy atom. The quantitative estimate of drug-likeness (QED) is 0.785. The maximum atomic E-state index is 11.8. The third-order valence-corrected chi connectivity index (χ3v) is 6.06. The second kappa shape index (κ2) is 6.55. The van der Waals surface area contributed by atoms with E-state index in [9.17, 15) is 16.8 Å². The van der Waals surface area contributed by atoms with E-state index >= 15 is 0 Å². The summed E-state index contributed by atoms with van der Waals surface area (Å²) in [7, 11) is -7.54. The van der Waals surface area contributed by atoms with Crippen LogP contribution in [0.1, 0.15) is 25.5 Å². The zero-order valence-corrected chi connectivity index (χ0v) is 13.4. The Morgan fingerprint density at radius 1 is 1.15 bits per heavy atom. The van der Waals surface area contributed by atoms with Gasteiger partial charge in [-0.3, -0.25) is 4.72 Å². The molecular weight excluding hydrogens is 300 g/mol. The molecule has 0 aliphatic carbocycles. The third-order valence-electron chi connectivity index (χ3n) is 2.57. The van der Waals surface area contributed by atoms with Crippen LogP contribution in [0.2, 0.25) is 0 Å². The number of hydrogen-bond donors (Lipinski definition) is 2. The number of sulfonamides is 1. The van der Waals surface area contributed by atoms with Crippen molar-refractivity contribution in [2.45, 2.75) is 19.9 Å². The molecule has 8 heteroatoms. The Kier molecular flexibility index (Phi) is 5.55. The van der Waals surface area contributed by atoms with Crippen molar-refractivity contribution < 1.29 is 16.8 Å². The number of nitrogens with one attached hydrogen (secondary N) is 2. The highest BCUT2D eigenvalue weighted by atomic mass is 32.3. The van der Waals surface area contributed by atoms with Crippen LogP contribution in [0.3, 0.4) is 0 Å². The molecule has 0 saturated carbocycles. The van der Waals surface area contributed by atoms with Gasteiger partial charge in [0.2, 0.25) is 10.0 Å². The minimum atomic E-state index is -3.93. The number of anilines is 1. The molecule has 1 rings (SSSR count). The van der Waals surface area contributed by atoms with Crippen LogP contribution in [0.4, 0.5) is 5.69 Å². The fraction of sp³-hybridized carbons (Fsp3) is 0.500. The molecule has 0 heterocycles. The van der Waals surface area contributed by atoms with Gasteiger partial charge in [0.15, 0.2) is 14.9 Å². The van der Waals surface area contributed by atoms with Crippen LogP contribution in [-0.2, 0) is 19.9 Å². The van der Waals surface area contributed by atoms with E-state index in [1.807, 2.05) is 13.8 Å². The monoisotopic (exact) mass is 320 g/mol. The Balaban J connectivity index is 3.04. The lowest BCUT2D eigenvalue weighted by molar-refractivity contribution is 0.593. The van der Waals surface area contributed by atoms with Crippen molar-refractivity contribution in [1.29, 1.82) is 0 Å². The highest BCUT2D eigenvalue weighted by Gasteiger charge is 2.20. The zero-order valence-electron chi connectivity index (χ0n) is 11.8. The van der Waals surface area contributed by atoms with E-state index < -0.39 is 24.9 Å². The summed E-state index contributed by atoms with van der Waals surface area (Å²) in [6.07, 6.45) is 0.888. The zero-order chi connectivity index (χ0) is 15.4. The third kappa shape index (κ3) is 5.48. The number of hydrogen-bond acceptors (Lipinski definition) is 5. The van der Waals surface area contributed by atoms with Gasteiger partial charge >= 0.3 is 0 Å². The van der Waals surface area contributed by atoms with Crippen molar-refractivity contribution in [1.82, 2.24) is 5.32 Å². The van der Waals surface area contributed by atoms with Gasteiger partial charge in [-0.1, -0.05) is 25.1 Å². The van der Waals surface area contributed by atoms with Gasteiger partial charge in [-0.25, -0.2) is 16.8 Å². The van der Waals surface area contributed by atoms with Gasteiger partial charge in [0, 0.05) is 12.3 Å². The molecule has 0 spiro atoms.